The van der Waals surface area contributed by atoms with Gasteiger partial charge in [-0.1, -0.05) is 31.2 Å². The third-order valence-corrected chi connectivity index (χ3v) is 4.76. The van der Waals surface area contributed by atoms with Crippen molar-refractivity contribution >= 4 is 17.6 Å². The van der Waals surface area contributed by atoms with Crippen molar-refractivity contribution in [1.29, 1.82) is 0 Å². The molecule has 0 saturated carbocycles. The van der Waals surface area contributed by atoms with Crippen molar-refractivity contribution in [2.24, 2.45) is 0 Å². The van der Waals surface area contributed by atoms with E-state index >= 15 is 0 Å². The number of carbonyl (C=O) groups is 2. The minimum absolute atomic E-state index is 0.0762. The molecule has 1 N–H and O–H groups in total. The molecular weight excluding hydrogens is 302 g/mol. The zero-order valence-corrected chi connectivity index (χ0v) is 14.2. The second kappa shape index (κ2) is 7.51. The summed E-state index contributed by atoms with van der Waals surface area (Å²) in [5.41, 5.74) is 1.75. The Balaban J connectivity index is 1.54. The molecule has 1 aromatic carbocycles. The average Bonchev–Trinajstić information content (AvgIpc) is 3.28. The predicted molar refractivity (Wildman–Crippen MR) is 94.9 cm³/mol. The standard InChI is InChI=1S/C19H25N3O2/c1-2-17-6-5-13-22(17)19(24)20-16-9-7-15(8-10-16)14-18(23)21-11-3-4-12-21/h5-10,17H,2-4,11-14H2,1H3,(H,20,24). The normalized spacial score (nSPS) is 19.8. The van der Waals surface area contributed by atoms with E-state index in [2.05, 4.69) is 18.3 Å². The van der Waals surface area contributed by atoms with E-state index in [1.54, 1.807) is 0 Å². The summed E-state index contributed by atoms with van der Waals surface area (Å²) in [5.74, 6) is 0.193. The Morgan fingerprint density at radius 2 is 1.88 bits per heavy atom. The molecule has 24 heavy (non-hydrogen) atoms. The van der Waals surface area contributed by atoms with Crippen LogP contribution in [0, 0.1) is 0 Å². The molecule has 0 radical (unpaired) electrons. The Morgan fingerprint density at radius 3 is 2.54 bits per heavy atom. The number of urea groups is 1. The number of hydrogen-bond donors (Lipinski definition) is 1. The summed E-state index contributed by atoms with van der Waals surface area (Å²) in [5, 5.41) is 2.94. The van der Waals surface area contributed by atoms with Crippen LogP contribution in [0.15, 0.2) is 36.4 Å². The van der Waals surface area contributed by atoms with Crippen LogP contribution in [0.4, 0.5) is 10.5 Å². The number of anilines is 1. The minimum Gasteiger partial charge on any atom is -0.342 e. The fraction of sp³-hybridized carbons (Fsp3) is 0.474. The molecule has 0 aliphatic carbocycles. The van der Waals surface area contributed by atoms with Gasteiger partial charge in [0.1, 0.15) is 0 Å². The maximum atomic E-state index is 12.3. The molecule has 1 atom stereocenters. The lowest BCUT2D eigenvalue weighted by atomic mass is 10.1. The molecule has 3 rings (SSSR count). The Labute approximate surface area is 143 Å². The SMILES string of the molecule is CCC1C=CCN1C(=O)Nc1ccc(CC(=O)N2CCCC2)cc1. The van der Waals surface area contributed by atoms with Gasteiger partial charge in [-0.15, -0.1) is 0 Å². The van der Waals surface area contributed by atoms with Gasteiger partial charge in [-0.2, -0.15) is 0 Å². The van der Waals surface area contributed by atoms with Crippen LogP contribution >= 0.6 is 0 Å². The number of nitrogens with zero attached hydrogens (tertiary/aromatic N) is 2. The number of hydrogen-bond acceptors (Lipinski definition) is 2. The van der Waals surface area contributed by atoms with Crippen LogP contribution in [-0.2, 0) is 11.2 Å². The van der Waals surface area contributed by atoms with Crippen molar-refractivity contribution in [2.75, 3.05) is 25.0 Å². The number of amides is 3. The van der Waals surface area contributed by atoms with Crippen molar-refractivity contribution in [3.8, 4) is 0 Å². The molecule has 5 heteroatoms. The highest BCUT2D eigenvalue weighted by atomic mass is 16.2. The van der Waals surface area contributed by atoms with E-state index < -0.39 is 0 Å². The van der Waals surface area contributed by atoms with Gasteiger partial charge in [-0.05, 0) is 37.0 Å². The summed E-state index contributed by atoms with van der Waals surface area (Å²) in [6.07, 6.45) is 7.68. The molecule has 2 heterocycles. The van der Waals surface area contributed by atoms with Gasteiger partial charge >= 0.3 is 6.03 Å². The summed E-state index contributed by atoms with van der Waals surface area (Å²) in [7, 11) is 0. The first kappa shape index (κ1) is 16.6. The minimum atomic E-state index is -0.0762. The van der Waals surface area contributed by atoms with Crippen LogP contribution in [0.3, 0.4) is 0 Å². The predicted octanol–water partition coefficient (Wildman–Crippen LogP) is 3.03. The Morgan fingerprint density at radius 1 is 1.17 bits per heavy atom. The first-order chi connectivity index (χ1) is 11.7. The fourth-order valence-corrected chi connectivity index (χ4v) is 3.31. The first-order valence-corrected chi connectivity index (χ1v) is 8.78. The van der Waals surface area contributed by atoms with Crippen LogP contribution in [-0.4, -0.2) is 47.4 Å². The van der Waals surface area contributed by atoms with E-state index in [9.17, 15) is 9.59 Å². The van der Waals surface area contributed by atoms with E-state index in [1.807, 2.05) is 40.1 Å². The lowest BCUT2D eigenvalue weighted by molar-refractivity contribution is -0.129. The monoisotopic (exact) mass is 327 g/mol. The second-order valence-corrected chi connectivity index (χ2v) is 6.45. The average molecular weight is 327 g/mol. The maximum Gasteiger partial charge on any atom is 0.322 e. The maximum absolute atomic E-state index is 12.3. The van der Waals surface area contributed by atoms with Crippen LogP contribution in [0.2, 0.25) is 0 Å². The second-order valence-electron chi connectivity index (χ2n) is 6.45. The van der Waals surface area contributed by atoms with E-state index in [1.165, 1.54) is 0 Å². The van der Waals surface area contributed by atoms with Gasteiger partial charge in [-0.25, -0.2) is 4.79 Å². The van der Waals surface area contributed by atoms with Gasteiger partial charge < -0.3 is 15.1 Å². The molecule has 1 unspecified atom stereocenters. The van der Waals surface area contributed by atoms with Gasteiger partial charge in [-0.3, -0.25) is 4.79 Å². The summed E-state index contributed by atoms with van der Waals surface area (Å²) in [6, 6.07) is 7.69. The summed E-state index contributed by atoms with van der Waals surface area (Å²) < 4.78 is 0. The summed E-state index contributed by atoms with van der Waals surface area (Å²) >= 11 is 0. The third-order valence-electron chi connectivity index (χ3n) is 4.76. The molecule has 0 aromatic heterocycles. The number of likely N-dealkylation sites (tertiary alicyclic amines) is 1. The Bertz CT molecular complexity index is 618. The molecule has 3 amide bonds. The topological polar surface area (TPSA) is 52.7 Å². The number of nitrogens with one attached hydrogen (secondary N) is 1. The highest BCUT2D eigenvalue weighted by Crippen LogP contribution is 2.17. The molecule has 128 valence electrons. The van der Waals surface area contributed by atoms with E-state index in [-0.39, 0.29) is 18.0 Å². The molecule has 5 nitrogen and oxygen atoms in total. The van der Waals surface area contributed by atoms with Crippen LogP contribution < -0.4 is 5.32 Å². The van der Waals surface area contributed by atoms with Gasteiger partial charge in [0.25, 0.3) is 0 Å². The van der Waals surface area contributed by atoms with E-state index in [4.69, 9.17) is 0 Å². The quantitative estimate of drug-likeness (QED) is 0.864. The Kier molecular flexibility index (Phi) is 5.18. The summed E-state index contributed by atoms with van der Waals surface area (Å²) in [6.45, 7) is 4.50. The highest BCUT2D eigenvalue weighted by molar-refractivity contribution is 5.90. The van der Waals surface area contributed by atoms with Gasteiger partial charge in [0.2, 0.25) is 5.91 Å². The molecule has 2 aliphatic heterocycles. The van der Waals surface area contributed by atoms with E-state index in [0.29, 0.717) is 13.0 Å². The van der Waals surface area contributed by atoms with E-state index in [0.717, 1.165) is 43.6 Å². The lowest BCUT2D eigenvalue weighted by Crippen LogP contribution is -2.38. The molecule has 0 bridgehead atoms. The molecule has 1 fully saturated rings. The zero-order chi connectivity index (χ0) is 16.9. The lowest BCUT2D eigenvalue weighted by Gasteiger charge is -2.24. The van der Waals surface area contributed by atoms with Crippen LogP contribution in [0.1, 0.15) is 31.7 Å². The molecule has 1 aromatic rings. The zero-order valence-electron chi connectivity index (χ0n) is 14.2. The van der Waals surface area contributed by atoms with Crippen molar-refractivity contribution in [3.63, 3.8) is 0 Å². The third kappa shape index (κ3) is 3.78. The first-order valence-electron chi connectivity index (χ1n) is 8.78. The Hall–Kier alpha value is -2.30. The number of rotatable bonds is 4. The van der Waals surface area contributed by atoms with Gasteiger partial charge in [0, 0.05) is 25.3 Å². The smallest absolute Gasteiger partial charge is 0.322 e. The van der Waals surface area contributed by atoms with Crippen molar-refractivity contribution in [2.45, 2.75) is 38.6 Å². The van der Waals surface area contributed by atoms with Crippen molar-refractivity contribution in [1.82, 2.24) is 9.80 Å². The van der Waals surface area contributed by atoms with Gasteiger partial charge in [0.15, 0.2) is 0 Å². The highest BCUT2D eigenvalue weighted by Gasteiger charge is 2.23. The number of benzene rings is 1. The molecular formula is C19H25N3O2. The number of carbonyl (C=O) groups excluding carboxylic acids is 2. The summed E-state index contributed by atoms with van der Waals surface area (Å²) in [4.78, 5) is 28.3. The van der Waals surface area contributed by atoms with Crippen molar-refractivity contribution in [3.05, 3.63) is 42.0 Å². The van der Waals surface area contributed by atoms with Crippen LogP contribution in [0.25, 0.3) is 0 Å². The van der Waals surface area contributed by atoms with Gasteiger partial charge in [0.05, 0.1) is 12.5 Å². The molecule has 0 spiro atoms. The molecule has 1 saturated heterocycles. The van der Waals surface area contributed by atoms with Crippen molar-refractivity contribution < 1.29 is 9.59 Å². The van der Waals surface area contributed by atoms with Crippen LogP contribution in [0.5, 0.6) is 0 Å². The fourth-order valence-electron chi connectivity index (χ4n) is 3.31. The molecule has 2 aliphatic rings. The largest absolute Gasteiger partial charge is 0.342 e.